The number of hydrogen-bond acceptors (Lipinski definition) is 5. The molecule has 1 fully saturated rings. The minimum atomic E-state index is -4.57. The molecule has 1 aromatic heterocycles. The Morgan fingerprint density at radius 1 is 1.08 bits per heavy atom. The standard InChI is InChI=1S/C16H17ClF3N5/c1-24-6-8-25(9-7-24)12-4-2-11(3-5-12)22-15-21-10-13(14(17)23-15)16(18,19)20/h2-5,10H,6-9H2,1H3,(H,21,22,23). The average molecular weight is 372 g/mol. The van der Waals surface area contributed by atoms with Crippen molar-refractivity contribution in [2.24, 2.45) is 0 Å². The summed E-state index contributed by atoms with van der Waals surface area (Å²) in [6, 6.07) is 7.59. The molecule has 1 aliphatic rings. The molecule has 0 amide bonds. The largest absolute Gasteiger partial charge is 0.420 e. The molecule has 5 nitrogen and oxygen atoms in total. The minimum Gasteiger partial charge on any atom is -0.369 e. The van der Waals surface area contributed by atoms with Gasteiger partial charge < -0.3 is 15.1 Å². The summed E-state index contributed by atoms with van der Waals surface area (Å²) in [5.74, 6) is 0.0188. The van der Waals surface area contributed by atoms with E-state index in [4.69, 9.17) is 11.6 Å². The smallest absolute Gasteiger partial charge is 0.369 e. The van der Waals surface area contributed by atoms with Crippen LogP contribution in [-0.4, -0.2) is 48.1 Å². The first-order chi connectivity index (χ1) is 11.8. The summed E-state index contributed by atoms with van der Waals surface area (Å²) < 4.78 is 38.0. The van der Waals surface area contributed by atoms with E-state index in [1.165, 1.54) is 0 Å². The zero-order valence-corrected chi connectivity index (χ0v) is 14.3. The van der Waals surface area contributed by atoms with E-state index in [2.05, 4.69) is 32.1 Å². The molecule has 2 aromatic rings. The number of piperazine rings is 1. The molecular formula is C16H17ClF3N5. The van der Waals surface area contributed by atoms with Crippen LogP contribution in [0, 0.1) is 0 Å². The van der Waals surface area contributed by atoms with E-state index in [9.17, 15) is 13.2 Å². The highest BCUT2D eigenvalue weighted by Gasteiger charge is 2.34. The van der Waals surface area contributed by atoms with Crippen LogP contribution >= 0.6 is 11.6 Å². The summed E-state index contributed by atoms with van der Waals surface area (Å²) in [6.07, 6.45) is -3.89. The van der Waals surface area contributed by atoms with Crippen LogP contribution in [0.25, 0.3) is 0 Å². The van der Waals surface area contributed by atoms with Gasteiger partial charge in [0.05, 0.1) is 0 Å². The van der Waals surface area contributed by atoms with E-state index >= 15 is 0 Å². The molecule has 3 rings (SSSR count). The third kappa shape index (κ3) is 4.32. The lowest BCUT2D eigenvalue weighted by Crippen LogP contribution is -2.44. The summed E-state index contributed by atoms with van der Waals surface area (Å²) in [5.41, 5.74) is 0.726. The normalized spacial score (nSPS) is 16.1. The molecule has 0 saturated carbocycles. The highest BCUT2D eigenvalue weighted by Crippen LogP contribution is 2.33. The van der Waals surface area contributed by atoms with Crippen LogP contribution in [-0.2, 0) is 6.18 Å². The Bertz CT molecular complexity index is 728. The Hall–Kier alpha value is -2.06. The molecule has 0 atom stereocenters. The monoisotopic (exact) mass is 371 g/mol. The number of anilines is 3. The number of benzene rings is 1. The van der Waals surface area contributed by atoms with Gasteiger partial charge in [-0.05, 0) is 31.3 Å². The van der Waals surface area contributed by atoms with Gasteiger partial charge in [0.25, 0.3) is 0 Å². The van der Waals surface area contributed by atoms with Crippen molar-refractivity contribution >= 4 is 28.9 Å². The van der Waals surface area contributed by atoms with Crippen molar-refractivity contribution in [3.05, 3.63) is 41.2 Å². The van der Waals surface area contributed by atoms with Crippen LogP contribution in [0.15, 0.2) is 30.5 Å². The lowest BCUT2D eigenvalue weighted by molar-refractivity contribution is -0.137. The summed E-state index contributed by atoms with van der Waals surface area (Å²) in [5, 5.41) is 2.23. The van der Waals surface area contributed by atoms with Gasteiger partial charge in [0.15, 0.2) is 0 Å². The van der Waals surface area contributed by atoms with Crippen molar-refractivity contribution in [3.63, 3.8) is 0 Å². The maximum Gasteiger partial charge on any atom is 0.420 e. The highest BCUT2D eigenvalue weighted by molar-refractivity contribution is 6.30. The molecule has 1 aromatic carbocycles. The number of nitrogens with zero attached hydrogens (tertiary/aromatic N) is 4. The van der Waals surface area contributed by atoms with E-state index in [0.717, 1.165) is 31.9 Å². The van der Waals surface area contributed by atoms with Crippen LogP contribution in [0.1, 0.15) is 5.56 Å². The van der Waals surface area contributed by atoms with Gasteiger partial charge in [-0.2, -0.15) is 13.2 Å². The first-order valence-corrected chi connectivity index (χ1v) is 8.11. The fourth-order valence-electron chi connectivity index (χ4n) is 2.56. The van der Waals surface area contributed by atoms with Gasteiger partial charge in [-0.25, -0.2) is 9.97 Å². The summed E-state index contributed by atoms with van der Waals surface area (Å²) in [6.45, 7) is 3.94. The van der Waals surface area contributed by atoms with Gasteiger partial charge in [0.1, 0.15) is 10.7 Å². The minimum absolute atomic E-state index is 0.0188. The molecule has 0 radical (unpaired) electrons. The van der Waals surface area contributed by atoms with Crippen molar-refractivity contribution in [2.75, 3.05) is 43.4 Å². The average Bonchev–Trinajstić information content (AvgIpc) is 2.55. The van der Waals surface area contributed by atoms with Gasteiger partial charge >= 0.3 is 6.18 Å². The Morgan fingerprint density at radius 3 is 2.28 bits per heavy atom. The van der Waals surface area contributed by atoms with Crippen LogP contribution in [0.3, 0.4) is 0 Å². The molecule has 9 heteroatoms. The second kappa shape index (κ2) is 7.05. The number of alkyl halides is 3. The van der Waals surface area contributed by atoms with Crippen molar-refractivity contribution in [2.45, 2.75) is 6.18 Å². The van der Waals surface area contributed by atoms with Crippen LogP contribution in [0.2, 0.25) is 5.15 Å². The number of hydrogen-bond donors (Lipinski definition) is 1. The van der Waals surface area contributed by atoms with E-state index < -0.39 is 16.9 Å². The number of likely N-dealkylation sites (N-methyl/N-ethyl adjacent to an activating group) is 1. The third-order valence-electron chi connectivity index (χ3n) is 4.04. The van der Waals surface area contributed by atoms with Crippen molar-refractivity contribution < 1.29 is 13.2 Å². The van der Waals surface area contributed by atoms with Crippen molar-refractivity contribution in [1.82, 2.24) is 14.9 Å². The zero-order valence-electron chi connectivity index (χ0n) is 13.5. The molecule has 25 heavy (non-hydrogen) atoms. The topological polar surface area (TPSA) is 44.3 Å². The summed E-state index contributed by atoms with van der Waals surface area (Å²) >= 11 is 5.60. The van der Waals surface area contributed by atoms with Gasteiger partial charge in [-0.1, -0.05) is 11.6 Å². The molecule has 0 unspecified atom stereocenters. The highest BCUT2D eigenvalue weighted by atomic mass is 35.5. The van der Waals surface area contributed by atoms with E-state index in [1.54, 1.807) is 0 Å². The van der Waals surface area contributed by atoms with Crippen LogP contribution < -0.4 is 10.2 Å². The molecule has 0 spiro atoms. The van der Waals surface area contributed by atoms with Crippen LogP contribution in [0.4, 0.5) is 30.5 Å². The zero-order chi connectivity index (χ0) is 18.0. The Labute approximate surface area is 148 Å². The van der Waals surface area contributed by atoms with Gasteiger partial charge in [0, 0.05) is 43.8 Å². The molecule has 1 saturated heterocycles. The number of halogens is 4. The van der Waals surface area contributed by atoms with E-state index in [0.29, 0.717) is 11.9 Å². The molecule has 1 N–H and O–H groups in total. The van der Waals surface area contributed by atoms with Gasteiger partial charge in [-0.3, -0.25) is 0 Å². The van der Waals surface area contributed by atoms with Crippen molar-refractivity contribution in [3.8, 4) is 0 Å². The Kier molecular flexibility index (Phi) is 5.01. The fraction of sp³-hybridized carbons (Fsp3) is 0.375. The van der Waals surface area contributed by atoms with Crippen LogP contribution in [0.5, 0.6) is 0 Å². The molecule has 2 heterocycles. The SMILES string of the molecule is CN1CCN(c2ccc(Nc3ncc(C(F)(F)F)c(Cl)n3)cc2)CC1. The summed E-state index contributed by atoms with van der Waals surface area (Å²) in [7, 11) is 2.10. The maximum atomic E-state index is 12.7. The fourth-order valence-corrected chi connectivity index (χ4v) is 2.80. The summed E-state index contributed by atoms with van der Waals surface area (Å²) in [4.78, 5) is 11.9. The quantitative estimate of drug-likeness (QED) is 0.834. The molecule has 134 valence electrons. The predicted molar refractivity (Wildman–Crippen MR) is 91.5 cm³/mol. The number of aromatic nitrogens is 2. The Balaban J connectivity index is 1.68. The maximum absolute atomic E-state index is 12.7. The number of nitrogens with one attached hydrogen (secondary N) is 1. The van der Waals surface area contributed by atoms with Crippen molar-refractivity contribution in [1.29, 1.82) is 0 Å². The molecular weight excluding hydrogens is 355 g/mol. The van der Waals surface area contributed by atoms with E-state index in [-0.39, 0.29) is 5.95 Å². The third-order valence-corrected chi connectivity index (χ3v) is 4.33. The molecule has 0 aliphatic carbocycles. The second-order valence-electron chi connectivity index (χ2n) is 5.86. The first kappa shape index (κ1) is 17.8. The van der Waals surface area contributed by atoms with Gasteiger partial charge in [0.2, 0.25) is 5.95 Å². The predicted octanol–water partition coefficient (Wildman–Crippen LogP) is 3.64. The number of rotatable bonds is 3. The molecule has 1 aliphatic heterocycles. The molecule has 0 bridgehead atoms. The Morgan fingerprint density at radius 2 is 1.72 bits per heavy atom. The lowest BCUT2D eigenvalue weighted by Gasteiger charge is -2.34. The second-order valence-corrected chi connectivity index (χ2v) is 6.22. The van der Waals surface area contributed by atoms with E-state index in [1.807, 2.05) is 24.3 Å². The first-order valence-electron chi connectivity index (χ1n) is 7.73. The van der Waals surface area contributed by atoms with Gasteiger partial charge in [-0.15, -0.1) is 0 Å². The lowest BCUT2D eigenvalue weighted by atomic mass is 10.2.